The smallest absolute Gasteiger partial charge is 0.354 e. The van der Waals surface area contributed by atoms with Gasteiger partial charge >= 0.3 is 5.97 Å². The second-order valence-electron chi connectivity index (χ2n) is 4.15. The number of rotatable bonds is 3. The van der Waals surface area contributed by atoms with Crippen LogP contribution in [0.3, 0.4) is 0 Å². The third-order valence-electron chi connectivity index (χ3n) is 2.58. The van der Waals surface area contributed by atoms with Crippen molar-refractivity contribution < 1.29 is 19.1 Å². The number of nitrogens with one attached hydrogen (secondary N) is 1. The fraction of sp³-hybridized carbons (Fsp3) is 0.0714. The molecule has 0 atom stereocenters. The first-order valence-corrected chi connectivity index (χ1v) is 5.75. The predicted octanol–water partition coefficient (Wildman–Crippen LogP) is 2.48. The molecule has 5 nitrogen and oxygen atoms in total. The van der Waals surface area contributed by atoms with E-state index < -0.39 is 17.7 Å². The van der Waals surface area contributed by atoms with Crippen molar-refractivity contribution in [1.82, 2.24) is 4.98 Å². The molecule has 0 spiro atoms. The van der Waals surface area contributed by atoms with E-state index in [4.69, 9.17) is 5.11 Å². The molecular formula is C14H11FN2O3. The van der Waals surface area contributed by atoms with Crippen molar-refractivity contribution in [2.45, 2.75) is 6.92 Å². The van der Waals surface area contributed by atoms with Gasteiger partial charge in [0.1, 0.15) is 11.6 Å². The van der Waals surface area contributed by atoms with Gasteiger partial charge in [-0.1, -0.05) is 12.1 Å². The minimum absolute atomic E-state index is 0.0508. The van der Waals surface area contributed by atoms with Gasteiger partial charge in [0.2, 0.25) is 0 Å². The van der Waals surface area contributed by atoms with Gasteiger partial charge in [0.25, 0.3) is 5.91 Å². The van der Waals surface area contributed by atoms with E-state index >= 15 is 0 Å². The fourth-order valence-corrected chi connectivity index (χ4v) is 1.61. The molecular weight excluding hydrogens is 263 g/mol. The van der Waals surface area contributed by atoms with Gasteiger partial charge in [-0.3, -0.25) is 4.79 Å². The van der Waals surface area contributed by atoms with Gasteiger partial charge in [-0.05, 0) is 36.8 Å². The molecule has 0 radical (unpaired) electrons. The molecule has 1 heterocycles. The predicted molar refractivity (Wildman–Crippen MR) is 70.3 cm³/mol. The average molecular weight is 274 g/mol. The van der Waals surface area contributed by atoms with Crippen LogP contribution in [-0.4, -0.2) is 22.0 Å². The van der Waals surface area contributed by atoms with Crippen molar-refractivity contribution in [2.24, 2.45) is 0 Å². The number of hydrogen-bond acceptors (Lipinski definition) is 3. The lowest BCUT2D eigenvalue weighted by Gasteiger charge is -2.06. The van der Waals surface area contributed by atoms with Crippen LogP contribution in [0.4, 0.5) is 10.2 Å². The Kier molecular flexibility index (Phi) is 3.74. The Labute approximate surface area is 114 Å². The van der Waals surface area contributed by atoms with E-state index in [1.165, 1.54) is 30.3 Å². The highest BCUT2D eigenvalue weighted by Gasteiger charge is 2.13. The Balaban J connectivity index is 2.23. The molecule has 0 bridgehead atoms. The third kappa shape index (κ3) is 2.97. The van der Waals surface area contributed by atoms with E-state index in [-0.39, 0.29) is 17.1 Å². The highest BCUT2D eigenvalue weighted by Crippen LogP contribution is 2.12. The molecule has 0 aliphatic carbocycles. The summed E-state index contributed by atoms with van der Waals surface area (Å²) >= 11 is 0. The Hall–Kier alpha value is -2.76. The zero-order valence-corrected chi connectivity index (χ0v) is 10.6. The van der Waals surface area contributed by atoms with Gasteiger partial charge in [0, 0.05) is 0 Å². The van der Waals surface area contributed by atoms with E-state index in [0.717, 1.165) is 0 Å². The van der Waals surface area contributed by atoms with E-state index in [1.807, 2.05) is 0 Å². The number of nitrogens with zero attached hydrogens (tertiary/aromatic N) is 1. The number of carbonyl (C=O) groups excluding carboxylic acids is 1. The standard InChI is InChI=1S/C14H11FN2O3/c1-8-5-6-9(10(15)7-8)13(18)17-12-4-2-3-11(16-12)14(19)20/h2-7H,1H3,(H,19,20)(H,16,17,18). The maximum absolute atomic E-state index is 13.6. The highest BCUT2D eigenvalue weighted by molar-refractivity contribution is 6.04. The largest absolute Gasteiger partial charge is 0.477 e. The zero-order chi connectivity index (χ0) is 14.7. The highest BCUT2D eigenvalue weighted by atomic mass is 19.1. The summed E-state index contributed by atoms with van der Waals surface area (Å²) in [6.07, 6.45) is 0. The fourth-order valence-electron chi connectivity index (χ4n) is 1.61. The first-order chi connectivity index (χ1) is 9.47. The molecule has 2 rings (SSSR count). The number of carboxylic acids is 1. The van der Waals surface area contributed by atoms with Crippen LogP contribution in [0.2, 0.25) is 0 Å². The second-order valence-corrected chi connectivity index (χ2v) is 4.15. The van der Waals surface area contributed by atoms with Crippen molar-refractivity contribution >= 4 is 17.7 Å². The SMILES string of the molecule is Cc1ccc(C(=O)Nc2cccc(C(=O)O)n2)c(F)c1. The molecule has 1 aromatic carbocycles. The Morgan fingerprint density at radius 2 is 2.00 bits per heavy atom. The van der Waals surface area contributed by atoms with Crippen LogP contribution in [0.25, 0.3) is 0 Å². The molecule has 2 N–H and O–H groups in total. The van der Waals surface area contributed by atoms with Gasteiger partial charge in [0.05, 0.1) is 5.56 Å². The lowest BCUT2D eigenvalue weighted by atomic mass is 10.1. The number of carbonyl (C=O) groups is 2. The van der Waals surface area contributed by atoms with E-state index in [1.54, 1.807) is 13.0 Å². The van der Waals surface area contributed by atoms with Crippen LogP contribution >= 0.6 is 0 Å². The number of pyridine rings is 1. The molecule has 2 aromatic rings. The summed E-state index contributed by atoms with van der Waals surface area (Å²) in [4.78, 5) is 26.4. The number of carboxylic acid groups (broad SMARTS) is 1. The molecule has 20 heavy (non-hydrogen) atoms. The van der Waals surface area contributed by atoms with Crippen LogP contribution in [0.5, 0.6) is 0 Å². The van der Waals surface area contributed by atoms with E-state index in [9.17, 15) is 14.0 Å². The Morgan fingerprint density at radius 3 is 2.65 bits per heavy atom. The van der Waals surface area contributed by atoms with Crippen molar-refractivity contribution in [2.75, 3.05) is 5.32 Å². The minimum atomic E-state index is -1.21. The van der Waals surface area contributed by atoms with Gasteiger partial charge < -0.3 is 10.4 Å². The third-order valence-corrected chi connectivity index (χ3v) is 2.58. The molecule has 0 unspecified atom stereocenters. The average Bonchev–Trinajstić information content (AvgIpc) is 2.38. The van der Waals surface area contributed by atoms with Gasteiger partial charge in [-0.25, -0.2) is 14.2 Å². The molecule has 0 aliphatic heterocycles. The number of benzene rings is 1. The first kappa shape index (κ1) is 13.7. The summed E-state index contributed by atoms with van der Waals surface area (Å²) in [5.74, 6) is -2.48. The van der Waals surface area contributed by atoms with Crippen LogP contribution < -0.4 is 5.32 Å². The lowest BCUT2D eigenvalue weighted by molar-refractivity contribution is 0.0690. The van der Waals surface area contributed by atoms with E-state index in [2.05, 4.69) is 10.3 Å². The summed E-state index contributed by atoms with van der Waals surface area (Å²) in [5, 5.41) is 11.2. The van der Waals surface area contributed by atoms with Crippen molar-refractivity contribution in [1.29, 1.82) is 0 Å². The quantitative estimate of drug-likeness (QED) is 0.901. The number of aromatic carboxylic acids is 1. The van der Waals surface area contributed by atoms with Gasteiger partial charge in [-0.2, -0.15) is 0 Å². The van der Waals surface area contributed by atoms with Crippen molar-refractivity contribution in [3.05, 3.63) is 59.0 Å². The summed E-state index contributed by atoms with van der Waals surface area (Å²) < 4.78 is 13.6. The van der Waals surface area contributed by atoms with E-state index in [0.29, 0.717) is 5.56 Å². The molecule has 0 saturated heterocycles. The van der Waals surface area contributed by atoms with Crippen LogP contribution in [0.15, 0.2) is 36.4 Å². The van der Waals surface area contributed by atoms with Crippen molar-refractivity contribution in [3.63, 3.8) is 0 Å². The summed E-state index contributed by atoms with van der Waals surface area (Å²) in [5.41, 5.74) is 0.371. The Morgan fingerprint density at radius 1 is 1.25 bits per heavy atom. The normalized spacial score (nSPS) is 10.1. The summed E-state index contributed by atoms with van der Waals surface area (Å²) in [6, 6.07) is 8.38. The maximum atomic E-state index is 13.6. The van der Waals surface area contributed by atoms with Crippen LogP contribution in [0, 0.1) is 12.7 Å². The molecule has 0 fully saturated rings. The maximum Gasteiger partial charge on any atom is 0.354 e. The Bertz CT molecular complexity index is 686. The van der Waals surface area contributed by atoms with Crippen LogP contribution in [0.1, 0.15) is 26.4 Å². The number of aromatic nitrogens is 1. The summed E-state index contributed by atoms with van der Waals surface area (Å²) in [7, 11) is 0. The minimum Gasteiger partial charge on any atom is -0.477 e. The number of hydrogen-bond donors (Lipinski definition) is 2. The number of amides is 1. The number of anilines is 1. The first-order valence-electron chi connectivity index (χ1n) is 5.75. The van der Waals surface area contributed by atoms with Crippen molar-refractivity contribution in [3.8, 4) is 0 Å². The lowest BCUT2D eigenvalue weighted by Crippen LogP contribution is -2.15. The molecule has 102 valence electrons. The van der Waals surface area contributed by atoms with Gasteiger partial charge in [0.15, 0.2) is 5.69 Å². The van der Waals surface area contributed by atoms with Gasteiger partial charge in [-0.15, -0.1) is 0 Å². The monoisotopic (exact) mass is 274 g/mol. The molecule has 0 aliphatic rings. The van der Waals surface area contributed by atoms with Crippen LogP contribution in [-0.2, 0) is 0 Å². The second kappa shape index (κ2) is 5.48. The zero-order valence-electron chi connectivity index (χ0n) is 10.6. The molecule has 1 amide bonds. The topological polar surface area (TPSA) is 79.3 Å². The molecule has 0 saturated carbocycles. The molecule has 1 aromatic heterocycles. The summed E-state index contributed by atoms with van der Waals surface area (Å²) in [6.45, 7) is 1.71. The molecule has 6 heteroatoms. The number of halogens is 1. The number of aryl methyl sites for hydroxylation is 1.